The Balaban J connectivity index is 1.78. The summed E-state index contributed by atoms with van der Waals surface area (Å²) in [5, 5.41) is 2.40. The Morgan fingerprint density at radius 1 is 1.03 bits per heavy atom. The lowest BCUT2D eigenvalue weighted by atomic mass is 10.1. The van der Waals surface area contributed by atoms with Crippen molar-refractivity contribution in [2.45, 2.75) is 25.6 Å². The molecule has 160 valence electrons. The highest BCUT2D eigenvalue weighted by molar-refractivity contribution is 5.96. The summed E-state index contributed by atoms with van der Waals surface area (Å²) in [4.78, 5) is 29.4. The molecular formula is C23H19F3N2O3. The SMILES string of the molecule is Cc1ccc(CC(=O)OC(C(=O)Nc2cccc(C(F)(F)F)c2)c2ccccc2)cn1. The lowest BCUT2D eigenvalue weighted by Crippen LogP contribution is -2.26. The first-order chi connectivity index (χ1) is 14.7. The first kappa shape index (κ1) is 22.0. The van der Waals surface area contributed by atoms with Gasteiger partial charge in [-0.25, -0.2) is 0 Å². The molecule has 0 fully saturated rings. The molecule has 0 saturated carbocycles. The zero-order valence-corrected chi connectivity index (χ0v) is 16.5. The highest BCUT2D eigenvalue weighted by Crippen LogP contribution is 2.31. The van der Waals surface area contributed by atoms with E-state index in [0.717, 1.165) is 17.8 Å². The number of aromatic nitrogens is 1. The Morgan fingerprint density at radius 2 is 1.77 bits per heavy atom. The van der Waals surface area contributed by atoms with Gasteiger partial charge in [0.1, 0.15) is 0 Å². The zero-order valence-electron chi connectivity index (χ0n) is 16.5. The van der Waals surface area contributed by atoms with Crippen molar-refractivity contribution in [3.63, 3.8) is 0 Å². The van der Waals surface area contributed by atoms with Gasteiger partial charge in [-0.2, -0.15) is 13.2 Å². The number of benzene rings is 2. The molecule has 2 aromatic carbocycles. The molecule has 0 bridgehead atoms. The molecular weight excluding hydrogens is 409 g/mol. The summed E-state index contributed by atoms with van der Waals surface area (Å²) < 4.78 is 44.2. The first-order valence-corrected chi connectivity index (χ1v) is 9.36. The molecule has 1 amide bonds. The maximum absolute atomic E-state index is 12.9. The van der Waals surface area contributed by atoms with Crippen LogP contribution in [-0.4, -0.2) is 16.9 Å². The van der Waals surface area contributed by atoms with E-state index in [-0.39, 0.29) is 12.1 Å². The van der Waals surface area contributed by atoms with Crippen LogP contribution in [0.15, 0.2) is 72.9 Å². The van der Waals surface area contributed by atoms with Crippen molar-refractivity contribution in [1.82, 2.24) is 4.98 Å². The van der Waals surface area contributed by atoms with Crippen LogP contribution in [0.5, 0.6) is 0 Å². The summed E-state index contributed by atoms with van der Waals surface area (Å²) >= 11 is 0. The minimum Gasteiger partial charge on any atom is -0.447 e. The molecule has 0 aliphatic heterocycles. The second-order valence-corrected chi connectivity index (χ2v) is 6.83. The molecule has 3 aromatic rings. The fraction of sp³-hybridized carbons (Fsp3) is 0.174. The molecule has 8 heteroatoms. The van der Waals surface area contributed by atoms with E-state index < -0.39 is 29.7 Å². The number of anilines is 1. The van der Waals surface area contributed by atoms with Crippen molar-refractivity contribution < 1.29 is 27.5 Å². The summed E-state index contributed by atoms with van der Waals surface area (Å²) in [7, 11) is 0. The number of nitrogens with one attached hydrogen (secondary N) is 1. The number of amides is 1. The average Bonchev–Trinajstić information content (AvgIpc) is 2.74. The normalized spacial score (nSPS) is 12.1. The number of ether oxygens (including phenoxy) is 1. The van der Waals surface area contributed by atoms with Crippen LogP contribution in [0, 0.1) is 6.92 Å². The monoisotopic (exact) mass is 428 g/mol. The number of hydrogen-bond acceptors (Lipinski definition) is 4. The summed E-state index contributed by atoms with van der Waals surface area (Å²) in [5.41, 5.74) is 0.841. The van der Waals surface area contributed by atoms with E-state index in [1.807, 2.05) is 6.92 Å². The van der Waals surface area contributed by atoms with Crippen LogP contribution in [0.4, 0.5) is 18.9 Å². The summed E-state index contributed by atoms with van der Waals surface area (Å²) in [6.45, 7) is 1.81. The van der Waals surface area contributed by atoms with Crippen molar-refractivity contribution in [1.29, 1.82) is 0 Å². The fourth-order valence-corrected chi connectivity index (χ4v) is 2.82. The van der Waals surface area contributed by atoms with Crippen LogP contribution in [0.3, 0.4) is 0 Å². The van der Waals surface area contributed by atoms with Crippen molar-refractivity contribution in [2.24, 2.45) is 0 Å². The van der Waals surface area contributed by atoms with E-state index >= 15 is 0 Å². The third kappa shape index (κ3) is 6.15. The van der Waals surface area contributed by atoms with Crippen molar-refractivity contribution in [2.75, 3.05) is 5.32 Å². The molecule has 1 unspecified atom stereocenters. The highest BCUT2D eigenvalue weighted by Gasteiger charge is 2.31. The Kier molecular flexibility index (Phi) is 6.69. The number of pyridine rings is 1. The molecule has 0 radical (unpaired) electrons. The minimum absolute atomic E-state index is 0.0560. The number of carbonyl (C=O) groups excluding carboxylic acids is 2. The van der Waals surface area contributed by atoms with Crippen LogP contribution in [0.1, 0.15) is 28.5 Å². The number of aryl methyl sites for hydroxylation is 1. The van der Waals surface area contributed by atoms with Crippen LogP contribution < -0.4 is 5.32 Å². The quantitative estimate of drug-likeness (QED) is 0.569. The van der Waals surface area contributed by atoms with E-state index in [1.165, 1.54) is 18.3 Å². The van der Waals surface area contributed by atoms with Gasteiger partial charge in [0, 0.05) is 23.1 Å². The second kappa shape index (κ2) is 9.42. The van der Waals surface area contributed by atoms with Gasteiger partial charge in [0.05, 0.1) is 12.0 Å². The zero-order chi connectivity index (χ0) is 22.4. The summed E-state index contributed by atoms with van der Waals surface area (Å²) in [6, 6.07) is 16.0. The molecule has 3 rings (SSSR count). The van der Waals surface area contributed by atoms with Crippen molar-refractivity contribution in [3.8, 4) is 0 Å². The Morgan fingerprint density at radius 3 is 2.42 bits per heavy atom. The number of halogens is 3. The van der Waals surface area contributed by atoms with E-state index in [9.17, 15) is 22.8 Å². The van der Waals surface area contributed by atoms with Gasteiger partial charge in [-0.3, -0.25) is 14.6 Å². The van der Waals surface area contributed by atoms with Crippen LogP contribution in [0.25, 0.3) is 0 Å². The lowest BCUT2D eigenvalue weighted by molar-refractivity contribution is -0.154. The Bertz CT molecular complexity index is 1050. The first-order valence-electron chi connectivity index (χ1n) is 9.36. The smallest absolute Gasteiger partial charge is 0.416 e. The van der Waals surface area contributed by atoms with Crippen LogP contribution in [-0.2, 0) is 26.9 Å². The largest absolute Gasteiger partial charge is 0.447 e. The van der Waals surface area contributed by atoms with E-state index in [4.69, 9.17) is 4.74 Å². The van der Waals surface area contributed by atoms with Gasteiger partial charge >= 0.3 is 12.1 Å². The lowest BCUT2D eigenvalue weighted by Gasteiger charge is -2.18. The fourth-order valence-electron chi connectivity index (χ4n) is 2.82. The van der Waals surface area contributed by atoms with Gasteiger partial charge in [0.15, 0.2) is 0 Å². The molecule has 1 aromatic heterocycles. The van der Waals surface area contributed by atoms with E-state index in [1.54, 1.807) is 42.5 Å². The summed E-state index contributed by atoms with van der Waals surface area (Å²) in [5.74, 6) is -1.43. The molecule has 1 atom stereocenters. The number of esters is 1. The topological polar surface area (TPSA) is 68.3 Å². The molecule has 0 aliphatic carbocycles. The number of rotatable bonds is 6. The number of carbonyl (C=O) groups is 2. The molecule has 5 nitrogen and oxygen atoms in total. The molecule has 0 aliphatic rings. The molecule has 0 spiro atoms. The van der Waals surface area contributed by atoms with Gasteiger partial charge < -0.3 is 10.1 Å². The maximum Gasteiger partial charge on any atom is 0.416 e. The third-order valence-electron chi connectivity index (χ3n) is 4.37. The Labute approximate surface area is 176 Å². The van der Waals surface area contributed by atoms with Crippen molar-refractivity contribution in [3.05, 3.63) is 95.3 Å². The van der Waals surface area contributed by atoms with E-state index in [2.05, 4.69) is 10.3 Å². The standard InChI is InChI=1S/C23H19F3N2O3/c1-15-10-11-16(14-27-15)12-20(29)31-21(17-6-3-2-4-7-17)22(30)28-19-9-5-8-18(13-19)23(24,25)26/h2-11,13-14,21H,12H2,1H3,(H,28,30). The second-order valence-electron chi connectivity index (χ2n) is 6.83. The van der Waals surface area contributed by atoms with Gasteiger partial charge in [-0.05, 0) is 36.8 Å². The maximum atomic E-state index is 12.9. The molecule has 31 heavy (non-hydrogen) atoms. The average molecular weight is 428 g/mol. The van der Waals surface area contributed by atoms with Gasteiger partial charge in [0.2, 0.25) is 6.10 Å². The Hall–Kier alpha value is -3.68. The third-order valence-corrected chi connectivity index (χ3v) is 4.37. The van der Waals surface area contributed by atoms with Gasteiger partial charge in [-0.1, -0.05) is 42.5 Å². The van der Waals surface area contributed by atoms with Gasteiger partial charge in [0.25, 0.3) is 5.91 Å². The predicted molar refractivity (Wildman–Crippen MR) is 108 cm³/mol. The summed E-state index contributed by atoms with van der Waals surface area (Å²) in [6.07, 6.45) is -4.44. The highest BCUT2D eigenvalue weighted by atomic mass is 19.4. The molecule has 0 saturated heterocycles. The van der Waals surface area contributed by atoms with Gasteiger partial charge in [-0.15, -0.1) is 0 Å². The molecule has 1 N–H and O–H groups in total. The number of alkyl halides is 3. The van der Waals surface area contributed by atoms with Crippen LogP contribution in [0.2, 0.25) is 0 Å². The van der Waals surface area contributed by atoms with Crippen molar-refractivity contribution >= 4 is 17.6 Å². The number of nitrogens with zero attached hydrogens (tertiary/aromatic N) is 1. The molecule has 1 heterocycles. The van der Waals surface area contributed by atoms with Crippen LogP contribution >= 0.6 is 0 Å². The number of hydrogen-bond donors (Lipinski definition) is 1. The minimum atomic E-state index is -4.55. The van der Waals surface area contributed by atoms with E-state index in [0.29, 0.717) is 11.1 Å². The predicted octanol–water partition coefficient (Wildman–Crippen LogP) is 4.87.